The number of nitrogens with one attached hydrogen (secondary N) is 2. The molecule has 0 bridgehead atoms. The summed E-state index contributed by atoms with van der Waals surface area (Å²) in [6.07, 6.45) is 23.8. The summed E-state index contributed by atoms with van der Waals surface area (Å²) >= 11 is 0. The molecule has 0 rings (SSSR count). The maximum Gasteiger partial charge on any atom is 0.0466 e. The lowest BCUT2D eigenvalue weighted by atomic mass is 10.1. The molecule has 0 radical (unpaired) electrons. The van der Waals surface area contributed by atoms with Crippen molar-refractivity contribution in [2.24, 2.45) is 0 Å². The number of hydrogen-bond acceptors (Lipinski definition) is 3. The van der Waals surface area contributed by atoms with Gasteiger partial charge in [0.05, 0.1) is 0 Å². The first-order valence-corrected chi connectivity index (χ1v) is 14.3. The zero-order chi connectivity index (χ0) is 22.8. The maximum atomic E-state index is 5.87. The normalized spacial score (nSPS) is 13.5. The van der Waals surface area contributed by atoms with Gasteiger partial charge in [-0.1, -0.05) is 91.9 Å². The highest BCUT2D eigenvalue weighted by Gasteiger charge is 2.06. The van der Waals surface area contributed by atoms with E-state index >= 15 is 0 Å². The molecule has 0 fully saturated rings. The van der Waals surface area contributed by atoms with Gasteiger partial charge in [0, 0.05) is 25.3 Å². The Kier molecular flexibility index (Phi) is 26.0. The molecule has 0 heterocycles. The molecule has 0 aliphatic rings. The van der Waals surface area contributed by atoms with Gasteiger partial charge < -0.3 is 15.4 Å². The Balaban J connectivity index is 3.39. The van der Waals surface area contributed by atoms with Gasteiger partial charge in [-0.3, -0.25) is 0 Å². The molecule has 0 aliphatic carbocycles. The van der Waals surface area contributed by atoms with E-state index in [1.165, 1.54) is 129 Å². The van der Waals surface area contributed by atoms with Crippen molar-refractivity contribution in [1.29, 1.82) is 0 Å². The van der Waals surface area contributed by atoms with Crippen LogP contribution in [0, 0.1) is 0 Å². The van der Waals surface area contributed by atoms with E-state index in [1.807, 2.05) is 0 Å². The van der Waals surface area contributed by atoms with Crippen LogP contribution in [-0.4, -0.2) is 38.4 Å². The second-order valence-corrected chi connectivity index (χ2v) is 9.55. The lowest BCUT2D eigenvalue weighted by Crippen LogP contribution is -2.29. The van der Waals surface area contributed by atoms with Crippen LogP contribution in [0.3, 0.4) is 0 Å². The molecule has 2 unspecified atom stereocenters. The van der Waals surface area contributed by atoms with Crippen LogP contribution in [0.4, 0.5) is 0 Å². The first-order valence-electron chi connectivity index (χ1n) is 14.3. The topological polar surface area (TPSA) is 33.3 Å². The van der Waals surface area contributed by atoms with Gasteiger partial charge in [-0.15, -0.1) is 0 Å². The van der Waals surface area contributed by atoms with Crippen molar-refractivity contribution in [2.75, 3.05) is 26.3 Å². The summed E-state index contributed by atoms with van der Waals surface area (Å²) in [5, 5.41) is 7.51. The van der Waals surface area contributed by atoms with Gasteiger partial charge in [-0.05, 0) is 64.5 Å². The third-order valence-corrected chi connectivity index (χ3v) is 6.59. The summed E-state index contributed by atoms with van der Waals surface area (Å²) in [7, 11) is 0. The first-order chi connectivity index (χ1) is 15.3. The Morgan fingerprint density at radius 1 is 0.484 bits per heavy atom. The van der Waals surface area contributed by atoms with E-state index in [0.29, 0.717) is 0 Å². The standard InChI is InChI=1S/C28H60N2O/c1-5-9-11-17-23-29-27(7-3)21-15-13-19-25-31-26-20-14-16-22-28(8-4)30-24-18-12-10-6-2/h27-30H,5-26H2,1-4H3. The zero-order valence-corrected chi connectivity index (χ0v) is 22.1. The van der Waals surface area contributed by atoms with Gasteiger partial charge in [-0.2, -0.15) is 0 Å². The third-order valence-electron chi connectivity index (χ3n) is 6.59. The lowest BCUT2D eigenvalue weighted by molar-refractivity contribution is 0.125. The molecule has 0 aromatic rings. The Morgan fingerprint density at radius 2 is 0.903 bits per heavy atom. The summed E-state index contributed by atoms with van der Waals surface area (Å²) < 4.78 is 5.87. The fourth-order valence-electron chi connectivity index (χ4n) is 4.26. The largest absolute Gasteiger partial charge is 0.381 e. The molecule has 3 heteroatoms. The highest BCUT2D eigenvalue weighted by molar-refractivity contribution is 4.66. The van der Waals surface area contributed by atoms with E-state index in [2.05, 4.69) is 38.3 Å². The van der Waals surface area contributed by atoms with Gasteiger partial charge in [0.25, 0.3) is 0 Å². The highest BCUT2D eigenvalue weighted by Crippen LogP contribution is 2.09. The number of rotatable bonds is 26. The van der Waals surface area contributed by atoms with E-state index < -0.39 is 0 Å². The molecule has 0 amide bonds. The molecule has 2 N–H and O–H groups in total. The van der Waals surface area contributed by atoms with Crippen LogP contribution in [0.2, 0.25) is 0 Å². The Hall–Kier alpha value is -0.120. The fourth-order valence-corrected chi connectivity index (χ4v) is 4.26. The van der Waals surface area contributed by atoms with Crippen molar-refractivity contribution < 1.29 is 4.74 Å². The zero-order valence-electron chi connectivity index (χ0n) is 22.1. The number of ether oxygens (including phenoxy) is 1. The predicted octanol–water partition coefficient (Wildman–Crippen LogP) is 8.02. The molecule has 0 aliphatic heterocycles. The SMILES string of the molecule is CCCCCCNC(CC)CCCCCOCCCCCC(CC)NCCCCCC. The van der Waals surface area contributed by atoms with Crippen molar-refractivity contribution in [3.8, 4) is 0 Å². The number of unbranched alkanes of at least 4 members (excludes halogenated alkanes) is 10. The van der Waals surface area contributed by atoms with Gasteiger partial charge in [0.15, 0.2) is 0 Å². The van der Waals surface area contributed by atoms with Crippen molar-refractivity contribution in [2.45, 2.75) is 155 Å². The average molecular weight is 441 g/mol. The molecular weight excluding hydrogens is 380 g/mol. The molecule has 188 valence electrons. The minimum absolute atomic E-state index is 0.723. The Labute approximate surface area is 197 Å². The van der Waals surface area contributed by atoms with E-state index in [-0.39, 0.29) is 0 Å². The lowest BCUT2D eigenvalue weighted by Gasteiger charge is -2.17. The Morgan fingerprint density at radius 3 is 1.29 bits per heavy atom. The average Bonchev–Trinajstić information content (AvgIpc) is 2.79. The summed E-state index contributed by atoms with van der Waals surface area (Å²) in [6, 6.07) is 1.45. The van der Waals surface area contributed by atoms with E-state index in [9.17, 15) is 0 Å². The van der Waals surface area contributed by atoms with E-state index in [4.69, 9.17) is 4.74 Å². The number of hydrogen-bond donors (Lipinski definition) is 2. The monoisotopic (exact) mass is 440 g/mol. The molecule has 0 aromatic heterocycles. The Bertz CT molecular complexity index is 294. The van der Waals surface area contributed by atoms with E-state index in [0.717, 1.165) is 25.3 Å². The molecule has 0 spiro atoms. The van der Waals surface area contributed by atoms with Crippen molar-refractivity contribution in [3.05, 3.63) is 0 Å². The van der Waals surface area contributed by atoms with Crippen LogP contribution >= 0.6 is 0 Å². The molecule has 0 aromatic carbocycles. The molecule has 0 saturated carbocycles. The molecule has 0 saturated heterocycles. The minimum Gasteiger partial charge on any atom is -0.381 e. The van der Waals surface area contributed by atoms with Gasteiger partial charge in [-0.25, -0.2) is 0 Å². The summed E-state index contributed by atoms with van der Waals surface area (Å²) in [6.45, 7) is 13.5. The third kappa shape index (κ3) is 22.9. The van der Waals surface area contributed by atoms with Crippen LogP contribution in [0.25, 0.3) is 0 Å². The van der Waals surface area contributed by atoms with Crippen LogP contribution in [0.1, 0.15) is 143 Å². The second kappa shape index (κ2) is 26.1. The van der Waals surface area contributed by atoms with Crippen LogP contribution in [-0.2, 0) is 4.74 Å². The minimum atomic E-state index is 0.723. The predicted molar refractivity (Wildman–Crippen MR) is 140 cm³/mol. The molecular formula is C28H60N2O. The molecule has 2 atom stereocenters. The highest BCUT2D eigenvalue weighted by atomic mass is 16.5. The van der Waals surface area contributed by atoms with Crippen molar-refractivity contribution in [1.82, 2.24) is 10.6 Å². The van der Waals surface area contributed by atoms with Gasteiger partial charge >= 0.3 is 0 Å². The molecule has 31 heavy (non-hydrogen) atoms. The van der Waals surface area contributed by atoms with Gasteiger partial charge in [0.2, 0.25) is 0 Å². The summed E-state index contributed by atoms with van der Waals surface area (Å²) in [5.41, 5.74) is 0. The summed E-state index contributed by atoms with van der Waals surface area (Å²) in [4.78, 5) is 0. The second-order valence-electron chi connectivity index (χ2n) is 9.55. The van der Waals surface area contributed by atoms with Crippen molar-refractivity contribution in [3.63, 3.8) is 0 Å². The van der Waals surface area contributed by atoms with Crippen molar-refractivity contribution >= 4 is 0 Å². The van der Waals surface area contributed by atoms with Crippen LogP contribution in [0.15, 0.2) is 0 Å². The molecule has 3 nitrogen and oxygen atoms in total. The fraction of sp³-hybridized carbons (Fsp3) is 1.00. The van der Waals surface area contributed by atoms with Gasteiger partial charge in [0.1, 0.15) is 0 Å². The summed E-state index contributed by atoms with van der Waals surface area (Å²) in [5.74, 6) is 0. The smallest absolute Gasteiger partial charge is 0.0466 e. The van der Waals surface area contributed by atoms with Crippen LogP contribution < -0.4 is 10.6 Å². The first kappa shape index (κ1) is 30.9. The van der Waals surface area contributed by atoms with Crippen LogP contribution in [0.5, 0.6) is 0 Å². The van der Waals surface area contributed by atoms with E-state index in [1.54, 1.807) is 0 Å². The quantitative estimate of drug-likeness (QED) is 0.134. The maximum absolute atomic E-state index is 5.87.